The third-order valence-corrected chi connectivity index (χ3v) is 4.59. The van der Waals surface area contributed by atoms with Crippen molar-refractivity contribution in [3.63, 3.8) is 0 Å². The first kappa shape index (κ1) is 18.2. The molecule has 0 saturated carbocycles. The Bertz CT molecular complexity index is 802. The SMILES string of the molecule is O=C(Cc1c(F)cccc1Cl)Nc1ccccc1NC(=O)N1CCCC1. The number of halogens is 2. The summed E-state index contributed by atoms with van der Waals surface area (Å²) >= 11 is 5.97. The molecule has 0 atom stereocenters. The van der Waals surface area contributed by atoms with E-state index in [0.29, 0.717) is 11.4 Å². The van der Waals surface area contributed by atoms with Crippen LogP contribution in [0.15, 0.2) is 42.5 Å². The molecule has 1 heterocycles. The van der Waals surface area contributed by atoms with Crippen LogP contribution in [0.2, 0.25) is 5.02 Å². The second kappa shape index (κ2) is 8.19. The summed E-state index contributed by atoms with van der Waals surface area (Å²) in [7, 11) is 0. The van der Waals surface area contributed by atoms with Gasteiger partial charge in [-0.2, -0.15) is 0 Å². The van der Waals surface area contributed by atoms with Gasteiger partial charge in [0.2, 0.25) is 5.91 Å². The number of benzene rings is 2. The first-order chi connectivity index (χ1) is 12.5. The minimum absolute atomic E-state index is 0.144. The van der Waals surface area contributed by atoms with Gasteiger partial charge < -0.3 is 15.5 Å². The van der Waals surface area contributed by atoms with E-state index in [1.165, 1.54) is 18.2 Å². The van der Waals surface area contributed by atoms with E-state index in [-0.39, 0.29) is 23.0 Å². The van der Waals surface area contributed by atoms with E-state index in [2.05, 4.69) is 10.6 Å². The summed E-state index contributed by atoms with van der Waals surface area (Å²) in [6.45, 7) is 1.46. The summed E-state index contributed by atoms with van der Waals surface area (Å²) in [5.74, 6) is -0.942. The van der Waals surface area contributed by atoms with Crippen LogP contribution in [0, 0.1) is 5.82 Å². The molecule has 0 aromatic heterocycles. The molecule has 0 radical (unpaired) electrons. The average molecular weight is 376 g/mol. The van der Waals surface area contributed by atoms with Crippen molar-refractivity contribution in [3.05, 3.63) is 58.9 Å². The van der Waals surface area contributed by atoms with E-state index in [1.54, 1.807) is 29.2 Å². The van der Waals surface area contributed by atoms with Gasteiger partial charge in [-0.05, 0) is 37.1 Å². The molecule has 2 aromatic rings. The zero-order valence-electron chi connectivity index (χ0n) is 14.1. The number of para-hydroxylation sites is 2. The van der Waals surface area contributed by atoms with Crippen molar-refractivity contribution in [3.8, 4) is 0 Å². The monoisotopic (exact) mass is 375 g/mol. The zero-order chi connectivity index (χ0) is 18.5. The highest BCUT2D eigenvalue weighted by Gasteiger charge is 2.19. The normalized spacial score (nSPS) is 13.5. The topological polar surface area (TPSA) is 61.4 Å². The lowest BCUT2D eigenvalue weighted by molar-refractivity contribution is -0.115. The van der Waals surface area contributed by atoms with Crippen LogP contribution in [0.4, 0.5) is 20.6 Å². The number of carbonyl (C=O) groups is 2. The van der Waals surface area contributed by atoms with Crippen molar-refractivity contribution in [1.29, 1.82) is 0 Å². The Labute approximate surface area is 156 Å². The lowest BCUT2D eigenvalue weighted by atomic mass is 10.1. The molecule has 26 heavy (non-hydrogen) atoms. The predicted molar refractivity (Wildman–Crippen MR) is 100 cm³/mol. The Morgan fingerprint density at radius 2 is 1.65 bits per heavy atom. The van der Waals surface area contributed by atoms with Crippen LogP contribution >= 0.6 is 11.6 Å². The van der Waals surface area contributed by atoms with E-state index in [0.717, 1.165) is 25.9 Å². The summed E-state index contributed by atoms with van der Waals surface area (Å²) in [5, 5.41) is 5.73. The Morgan fingerprint density at radius 1 is 1.00 bits per heavy atom. The molecule has 1 aliphatic heterocycles. The standard InChI is InChI=1S/C19H19ClFN3O2/c20-14-6-5-7-15(21)13(14)12-18(25)22-16-8-1-2-9-17(16)23-19(26)24-10-3-4-11-24/h1-2,5-9H,3-4,10-12H2,(H,22,25)(H,23,26). The molecule has 0 unspecified atom stereocenters. The molecular weight excluding hydrogens is 357 g/mol. The molecule has 1 saturated heterocycles. The maximum absolute atomic E-state index is 13.8. The second-order valence-corrected chi connectivity index (χ2v) is 6.50. The fraction of sp³-hybridized carbons (Fsp3) is 0.263. The Balaban J connectivity index is 1.69. The number of hydrogen-bond donors (Lipinski definition) is 2. The molecule has 3 amide bonds. The highest BCUT2D eigenvalue weighted by molar-refractivity contribution is 6.31. The first-order valence-corrected chi connectivity index (χ1v) is 8.80. The van der Waals surface area contributed by atoms with E-state index < -0.39 is 11.7 Å². The summed E-state index contributed by atoms with van der Waals surface area (Å²) < 4.78 is 13.8. The Kier molecular flexibility index (Phi) is 5.73. The lowest BCUT2D eigenvalue weighted by Crippen LogP contribution is -2.32. The predicted octanol–water partition coefficient (Wildman–Crippen LogP) is 4.29. The van der Waals surface area contributed by atoms with Crippen molar-refractivity contribution >= 4 is 34.9 Å². The van der Waals surface area contributed by atoms with E-state index in [9.17, 15) is 14.0 Å². The Hall–Kier alpha value is -2.60. The average Bonchev–Trinajstić information content (AvgIpc) is 3.15. The number of urea groups is 1. The summed E-state index contributed by atoms with van der Waals surface area (Å²) in [6, 6.07) is 11.0. The molecule has 136 valence electrons. The van der Waals surface area contributed by atoms with Crippen LogP contribution in [0.1, 0.15) is 18.4 Å². The van der Waals surface area contributed by atoms with Gasteiger partial charge in [-0.3, -0.25) is 4.79 Å². The number of hydrogen-bond acceptors (Lipinski definition) is 2. The van der Waals surface area contributed by atoms with Gasteiger partial charge in [0, 0.05) is 23.7 Å². The van der Waals surface area contributed by atoms with Gasteiger partial charge in [0.15, 0.2) is 0 Å². The van der Waals surface area contributed by atoms with Crippen molar-refractivity contribution < 1.29 is 14.0 Å². The van der Waals surface area contributed by atoms with Crippen molar-refractivity contribution in [1.82, 2.24) is 4.90 Å². The Morgan fingerprint density at radius 3 is 2.31 bits per heavy atom. The number of nitrogens with one attached hydrogen (secondary N) is 2. The molecule has 1 aliphatic rings. The maximum Gasteiger partial charge on any atom is 0.321 e. The maximum atomic E-state index is 13.8. The minimum atomic E-state index is -0.525. The largest absolute Gasteiger partial charge is 0.325 e. The van der Waals surface area contributed by atoms with Crippen LogP contribution < -0.4 is 10.6 Å². The third kappa shape index (κ3) is 4.32. The van der Waals surface area contributed by atoms with Crippen LogP contribution in [-0.2, 0) is 11.2 Å². The van der Waals surface area contributed by atoms with Crippen molar-refractivity contribution in [2.45, 2.75) is 19.3 Å². The number of rotatable bonds is 4. The molecule has 0 aliphatic carbocycles. The lowest BCUT2D eigenvalue weighted by Gasteiger charge is -2.18. The van der Waals surface area contributed by atoms with Crippen LogP contribution in [-0.4, -0.2) is 29.9 Å². The molecule has 5 nitrogen and oxygen atoms in total. The fourth-order valence-corrected chi connectivity index (χ4v) is 3.10. The molecular formula is C19H19ClFN3O2. The quantitative estimate of drug-likeness (QED) is 0.837. The van der Waals surface area contributed by atoms with Gasteiger partial charge in [-0.1, -0.05) is 29.8 Å². The molecule has 7 heteroatoms. The first-order valence-electron chi connectivity index (χ1n) is 8.42. The van der Waals surface area contributed by atoms with E-state index >= 15 is 0 Å². The molecule has 1 fully saturated rings. The third-order valence-electron chi connectivity index (χ3n) is 4.24. The molecule has 2 N–H and O–H groups in total. The van der Waals surface area contributed by atoms with Crippen LogP contribution in [0.3, 0.4) is 0 Å². The van der Waals surface area contributed by atoms with Gasteiger partial charge in [0.25, 0.3) is 0 Å². The molecule has 3 rings (SSSR count). The summed E-state index contributed by atoms with van der Waals surface area (Å²) in [6.07, 6.45) is 1.80. The smallest absolute Gasteiger partial charge is 0.321 e. The van der Waals surface area contributed by atoms with Crippen molar-refractivity contribution in [2.24, 2.45) is 0 Å². The number of anilines is 2. The molecule has 0 bridgehead atoms. The van der Waals surface area contributed by atoms with Crippen molar-refractivity contribution in [2.75, 3.05) is 23.7 Å². The van der Waals surface area contributed by atoms with Gasteiger partial charge in [0.1, 0.15) is 5.82 Å². The number of carbonyl (C=O) groups excluding carboxylic acids is 2. The minimum Gasteiger partial charge on any atom is -0.325 e. The van der Waals surface area contributed by atoms with Gasteiger partial charge in [-0.25, -0.2) is 9.18 Å². The highest BCUT2D eigenvalue weighted by Crippen LogP contribution is 2.24. The van der Waals surface area contributed by atoms with Gasteiger partial charge >= 0.3 is 6.03 Å². The number of likely N-dealkylation sites (tertiary alicyclic amines) is 1. The number of amides is 3. The summed E-state index contributed by atoms with van der Waals surface area (Å²) in [4.78, 5) is 26.3. The van der Waals surface area contributed by atoms with E-state index in [1.807, 2.05) is 0 Å². The summed E-state index contributed by atoms with van der Waals surface area (Å²) in [5.41, 5.74) is 1.10. The fourth-order valence-electron chi connectivity index (χ4n) is 2.87. The second-order valence-electron chi connectivity index (χ2n) is 6.10. The van der Waals surface area contributed by atoms with Crippen LogP contribution in [0.25, 0.3) is 0 Å². The zero-order valence-corrected chi connectivity index (χ0v) is 14.9. The van der Waals surface area contributed by atoms with Gasteiger partial charge in [0.05, 0.1) is 17.8 Å². The molecule has 2 aromatic carbocycles. The van der Waals surface area contributed by atoms with E-state index in [4.69, 9.17) is 11.6 Å². The highest BCUT2D eigenvalue weighted by atomic mass is 35.5. The van der Waals surface area contributed by atoms with Crippen LogP contribution in [0.5, 0.6) is 0 Å². The van der Waals surface area contributed by atoms with Gasteiger partial charge in [-0.15, -0.1) is 0 Å². The number of nitrogens with zero attached hydrogens (tertiary/aromatic N) is 1. The molecule has 0 spiro atoms.